The number of benzene rings is 1. The molecule has 3 aromatic rings. The van der Waals surface area contributed by atoms with Gasteiger partial charge in [-0.1, -0.05) is 26.0 Å². The van der Waals surface area contributed by atoms with Crippen molar-refractivity contribution in [3.8, 4) is 0 Å². The zero-order chi connectivity index (χ0) is 18.3. The number of likely N-dealkylation sites (tertiary alicyclic amines) is 1. The Kier molecular flexibility index (Phi) is 4.26. The zero-order valence-electron chi connectivity index (χ0n) is 15.3. The average Bonchev–Trinajstić information content (AvgIpc) is 3.29. The summed E-state index contributed by atoms with van der Waals surface area (Å²) in [6.07, 6.45) is 3.86. The largest absolute Gasteiger partial charge is 0.338 e. The van der Waals surface area contributed by atoms with E-state index in [0.717, 1.165) is 47.4 Å². The van der Waals surface area contributed by atoms with E-state index in [0.29, 0.717) is 6.04 Å². The molecule has 26 heavy (non-hydrogen) atoms. The molecule has 1 aliphatic heterocycles. The number of piperidine rings is 1. The predicted octanol–water partition coefficient (Wildman–Crippen LogP) is 3.66. The quantitative estimate of drug-likeness (QED) is 0.691. The summed E-state index contributed by atoms with van der Waals surface area (Å²) in [4.78, 5) is 19.0. The molecule has 0 N–H and O–H groups in total. The van der Waals surface area contributed by atoms with Crippen LogP contribution < -0.4 is 0 Å². The lowest BCUT2D eigenvalue weighted by Crippen LogP contribution is -2.39. The molecule has 0 atom stereocenters. The minimum absolute atomic E-state index is 0.00418. The van der Waals surface area contributed by atoms with Crippen molar-refractivity contribution in [2.45, 2.75) is 45.1 Å². The molecule has 1 saturated heterocycles. The molecule has 0 aliphatic carbocycles. The van der Waals surface area contributed by atoms with Crippen LogP contribution in [0.15, 0.2) is 29.9 Å². The van der Waals surface area contributed by atoms with Crippen molar-refractivity contribution in [1.29, 1.82) is 0 Å². The normalized spacial score (nSPS) is 16.3. The van der Waals surface area contributed by atoms with E-state index in [2.05, 4.69) is 42.3 Å². The molecule has 4 rings (SSSR count). The SMILES string of the molecule is CC(C)(C)c1cn(C2CCN(C(=O)c3ccc4ncsc4c3)CC2)nn1. The minimum Gasteiger partial charge on any atom is -0.338 e. The molecule has 0 spiro atoms. The maximum atomic E-state index is 12.8. The lowest BCUT2D eigenvalue weighted by Gasteiger charge is -2.32. The second-order valence-electron chi connectivity index (χ2n) is 7.89. The Labute approximate surface area is 156 Å². The van der Waals surface area contributed by atoms with Crippen molar-refractivity contribution in [1.82, 2.24) is 24.9 Å². The highest BCUT2D eigenvalue weighted by Gasteiger charge is 2.27. The summed E-state index contributed by atoms with van der Waals surface area (Å²) in [6, 6.07) is 6.07. The van der Waals surface area contributed by atoms with E-state index in [-0.39, 0.29) is 11.3 Å². The fraction of sp³-hybridized carbons (Fsp3) is 0.474. The molecule has 0 radical (unpaired) electrons. The molecule has 136 valence electrons. The Morgan fingerprint density at radius 3 is 2.69 bits per heavy atom. The first kappa shape index (κ1) is 17.1. The van der Waals surface area contributed by atoms with E-state index in [1.54, 1.807) is 11.3 Å². The lowest BCUT2D eigenvalue weighted by atomic mass is 9.93. The van der Waals surface area contributed by atoms with Crippen molar-refractivity contribution >= 4 is 27.5 Å². The maximum absolute atomic E-state index is 12.8. The van der Waals surface area contributed by atoms with Gasteiger partial charge in [-0.2, -0.15) is 0 Å². The Bertz CT molecular complexity index is 931. The van der Waals surface area contributed by atoms with Gasteiger partial charge in [0, 0.05) is 30.3 Å². The van der Waals surface area contributed by atoms with Gasteiger partial charge in [0.25, 0.3) is 5.91 Å². The van der Waals surface area contributed by atoms with Crippen LogP contribution in [-0.2, 0) is 5.41 Å². The molecule has 1 fully saturated rings. The maximum Gasteiger partial charge on any atom is 0.253 e. The summed E-state index contributed by atoms with van der Waals surface area (Å²) in [7, 11) is 0. The first-order chi connectivity index (χ1) is 12.4. The van der Waals surface area contributed by atoms with Gasteiger partial charge in [0.1, 0.15) is 0 Å². The molecule has 0 bridgehead atoms. The highest BCUT2D eigenvalue weighted by atomic mass is 32.1. The summed E-state index contributed by atoms with van der Waals surface area (Å²) in [6.45, 7) is 7.91. The van der Waals surface area contributed by atoms with Gasteiger partial charge in [-0.3, -0.25) is 4.79 Å². The number of carbonyl (C=O) groups is 1. The molecule has 3 heterocycles. The Morgan fingerprint density at radius 1 is 1.23 bits per heavy atom. The third kappa shape index (κ3) is 3.23. The molecule has 1 aromatic carbocycles. The number of hydrogen-bond donors (Lipinski definition) is 0. The van der Waals surface area contributed by atoms with Gasteiger partial charge in [-0.05, 0) is 31.0 Å². The smallest absolute Gasteiger partial charge is 0.253 e. The molecule has 2 aromatic heterocycles. The van der Waals surface area contributed by atoms with Crippen molar-refractivity contribution in [2.75, 3.05) is 13.1 Å². The molecule has 0 unspecified atom stereocenters. The van der Waals surface area contributed by atoms with E-state index in [9.17, 15) is 4.79 Å². The van der Waals surface area contributed by atoms with Crippen LogP contribution in [0.1, 0.15) is 55.7 Å². The summed E-state index contributed by atoms with van der Waals surface area (Å²) in [5, 5.41) is 8.64. The van der Waals surface area contributed by atoms with Crippen molar-refractivity contribution < 1.29 is 4.79 Å². The fourth-order valence-electron chi connectivity index (χ4n) is 3.30. The van der Waals surface area contributed by atoms with E-state index in [1.165, 1.54) is 0 Å². The summed E-state index contributed by atoms with van der Waals surface area (Å²) in [5.41, 5.74) is 4.52. The van der Waals surface area contributed by atoms with Gasteiger partial charge in [0.05, 0.1) is 27.5 Å². The number of nitrogens with zero attached hydrogens (tertiary/aromatic N) is 5. The fourth-order valence-corrected chi connectivity index (χ4v) is 4.02. The molecule has 6 nitrogen and oxygen atoms in total. The number of aromatic nitrogens is 4. The third-order valence-electron chi connectivity index (χ3n) is 4.98. The van der Waals surface area contributed by atoms with E-state index in [4.69, 9.17) is 0 Å². The summed E-state index contributed by atoms with van der Waals surface area (Å²) < 4.78 is 3.04. The van der Waals surface area contributed by atoms with Crippen LogP contribution in [0, 0.1) is 0 Å². The number of fused-ring (bicyclic) bond motifs is 1. The number of amides is 1. The molecule has 7 heteroatoms. The summed E-state index contributed by atoms with van der Waals surface area (Å²) in [5.74, 6) is 0.104. The van der Waals surface area contributed by atoms with E-state index < -0.39 is 0 Å². The van der Waals surface area contributed by atoms with Crippen LogP contribution in [0.25, 0.3) is 10.2 Å². The van der Waals surface area contributed by atoms with Crippen molar-refractivity contribution in [3.63, 3.8) is 0 Å². The van der Waals surface area contributed by atoms with Crippen LogP contribution in [0.5, 0.6) is 0 Å². The van der Waals surface area contributed by atoms with E-state index >= 15 is 0 Å². The van der Waals surface area contributed by atoms with Gasteiger partial charge in [-0.15, -0.1) is 16.4 Å². The highest BCUT2D eigenvalue weighted by Crippen LogP contribution is 2.26. The van der Waals surface area contributed by atoms with Crippen LogP contribution >= 0.6 is 11.3 Å². The predicted molar refractivity (Wildman–Crippen MR) is 103 cm³/mol. The van der Waals surface area contributed by atoms with Crippen molar-refractivity contribution in [3.05, 3.63) is 41.2 Å². The van der Waals surface area contributed by atoms with Crippen LogP contribution in [0.2, 0.25) is 0 Å². The number of rotatable bonds is 2. The lowest BCUT2D eigenvalue weighted by molar-refractivity contribution is 0.0689. The zero-order valence-corrected chi connectivity index (χ0v) is 16.2. The number of hydrogen-bond acceptors (Lipinski definition) is 5. The van der Waals surface area contributed by atoms with Gasteiger partial charge in [0.2, 0.25) is 0 Å². The van der Waals surface area contributed by atoms with Crippen LogP contribution in [0.4, 0.5) is 0 Å². The molecule has 1 aliphatic rings. The second-order valence-corrected chi connectivity index (χ2v) is 8.78. The van der Waals surface area contributed by atoms with Gasteiger partial charge in [0.15, 0.2) is 0 Å². The Morgan fingerprint density at radius 2 is 2.00 bits per heavy atom. The van der Waals surface area contributed by atoms with Crippen molar-refractivity contribution in [2.24, 2.45) is 0 Å². The first-order valence-electron chi connectivity index (χ1n) is 8.97. The topological polar surface area (TPSA) is 63.9 Å². The molecule has 0 saturated carbocycles. The molecular weight excluding hydrogens is 346 g/mol. The first-order valence-corrected chi connectivity index (χ1v) is 9.84. The Hall–Kier alpha value is -2.28. The second kappa shape index (κ2) is 6.46. The van der Waals surface area contributed by atoms with Gasteiger partial charge >= 0.3 is 0 Å². The minimum atomic E-state index is 0.00418. The molecular formula is C19H23N5OS. The Balaban J connectivity index is 1.42. The van der Waals surface area contributed by atoms with E-state index in [1.807, 2.05) is 33.3 Å². The van der Waals surface area contributed by atoms with Crippen LogP contribution in [0.3, 0.4) is 0 Å². The average molecular weight is 369 g/mol. The standard InChI is InChI=1S/C19H23N5OS/c1-19(2,3)17-11-24(22-21-17)14-6-8-23(9-7-14)18(25)13-4-5-15-16(10-13)26-12-20-15/h4-5,10-12,14H,6-9H2,1-3H3. The summed E-state index contributed by atoms with van der Waals surface area (Å²) >= 11 is 1.57. The van der Waals surface area contributed by atoms with Crippen LogP contribution in [-0.4, -0.2) is 43.9 Å². The third-order valence-corrected chi connectivity index (χ3v) is 5.77. The number of carbonyl (C=O) groups excluding carboxylic acids is 1. The highest BCUT2D eigenvalue weighted by molar-refractivity contribution is 7.16. The monoisotopic (exact) mass is 369 g/mol. The van der Waals surface area contributed by atoms with Gasteiger partial charge in [-0.25, -0.2) is 9.67 Å². The number of thiazole rings is 1. The molecule has 1 amide bonds. The van der Waals surface area contributed by atoms with Gasteiger partial charge < -0.3 is 4.90 Å².